The van der Waals surface area contributed by atoms with Crippen LogP contribution in [-0.2, 0) is 6.42 Å². The molecule has 0 saturated heterocycles. The predicted octanol–water partition coefficient (Wildman–Crippen LogP) is 2.70. The molecule has 15 heavy (non-hydrogen) atoms. The number of hydrogen-bond donors (Lipinski definition) is 0. The van der Waals surface area contributed by atoms with Crippen molar-refractivity contribution < 1.29 is 0 Å². The fourth-order valence-corrected chi connectivity index (χ4v) is 1.93. The zero-order valence-electron chi connectivity index (χ0n) is 8.90. The molecule has 0 unspecified atom stereocenters. The van der Waals surface area contributed by atoms with Crippen molar-refractivity contribution in [2.75, 3.05) is 6.26 Å². The third kappa shape index (κ3) is 2.09. The van der Waals surface area contributed by atoms with E-state index in [0.29, 0.717) is 0 Å². The van der Waals surface area contributed by atoms with Gasteiger partial charge >= 0.3 is 0 Å². The Bertz CT molecular complexity index is 470. The molecule has 4 heteroatoms. The lowest BCUT2D eigenvalue weighted by molar-refractivity contribution is 0.848. The molecule has 2 rings (SSSR count). The van der Waals surface area contributed by atoms with E-state index in [9.17, 15) is 0 Å². The molecule has 0 N–H and O–H groups in total. The summed E-state index contributed by atoms with van der Waals surface area (Å²) in [5, 5.41) is 1.96. The summed E-state index contributed by atoms with van der Waals surface area (Å²) in [6.07, 6.45) is 7.69. The van der Waals surface area contributed by atoms with E-state index in [1.165, 1.54) is 0 Å². The van der Waals surface area contributed by atoms with Gasteiger partial charge in [-0.15, -0.1) is 0 Å². The van der Waals surface area contributed by atoms with Crippen molar-refractivity contribution in [3.63, 3.8) is 0 Å². The molecule has 3 nitrogen and oxygen atoms in total. The number of hydrogen-bond acceptors (Lipinski definition) is 4. The second-order valence-electron chi connectivity index (χ2n) is 3.30. The average Bonchev–Trinajstić information content (AvgIpc) is 2.29. The topological polar surface area (TPSA) is 38.7 Å². The first-order valence-corrected chi connectivity index (χ1v) is 6.22. The van der Waals surface area contributed by atoms with Crippen LogP contribution in [0, 0.1) is 0 Å². The van der Waals surface area contributed by atoms with Crippen LogP contribution in [0.25, 0.3) is 10.9 Å². The number of nitrogens with zero attached hydrogens (tertiary/aromatic N) is 3. The summed E-state index contributed by atoms with van der Waals surface area (Å²) >= 11 is 1.57. The molecular weight excluding hydrogens is 206 g/mol. The number of rotatable bonds is 3. The minimum absolute atomic E-state index is 0.832. The fourth-order valence-electron chi connectivity index (χ4n) is 1.54. The zero-order chi connectivity index (χ0) is 10.7. The molecule has 0 amide bonds. The van der Waals surface area contributed by atoms with Gasteiger partial charge in [-0.3, -0.25) is 4.98 Å². The summed E-state index contributed by atoms with van der Waals surface area (Å²) in [5.74, 6) is 0. The van der Waals surface area contributed by atoms with E-state index in [1.54, 1.807) is 24.2 Å². The number of fused-ring (bicyclic) bond motifs is 1. The molecule has 0 fully saturated rings. The molecule has 0 bridgehead atoms. The summed E-state index contributed by atoms with van der Waals surface area (Å²) < 4.78 is 0. The van der Waals surface area contributed by atoms with Crippen molar-refractivity contribution in [2.45, 2.75) is 24.9 Å². The number of thioether (sulfide) groups is 1. The fraction of sp³-hybridized carbons (Fsp3) is 0.364. The molecule has 0 spiro atoms. The maximum absolute atomic E-state index is 4.53. The minimum atomic E-state index is 0.832. The van der Waals surface area contributed by atoms with Gasteiger partial charge in [0.1, 0.15) is 0 Å². The van der Waals surface area contributed by atoms with Crippen molar-refractivity contribution in [3.8, 4) is 0 Å². The van der Waals surface area contributed by atoms with Crippen LogP contribution in [0.15, 0.2) is 23.6 Å². The van der Waals surface area contributed by atoms with Crippen LogP contribution in [0.1, 0.15) is 19.0 Å². The van der Waals surface area contributed by atoms with Gasteiger partial charge in [0, 0.05) is 11.6 Å². The summed E-state index contributed by atoms with van der Waals surface area (Å²) in [5.41, 5.74) is 2.08. The Morgan fingerprint density at radius 3 is 2.93 bits per heavy atom. The van der Waals surface area contributed by atoms with E-state index in [4.69, 9.17) is 0 Å². The molecule has 78 valence electrons. The maximum atomic E-state index is 4.53. The summed E-state index contributed by atoms with van der Waals surface area (Å²) in [7, 11) is 0. The summed E-state index contributed by atoms with van der Waals surface area (Å²) in [6, 6.07) is 1.99. The molecule has 2 heterocycles. The third-order valence-corrected chi connectivity index (χ3v) is 2.77. The minimum Gasteiger partial charge on any atom is -0.262 e. The number of aryl methyl sites for hydroxylation is 1. The van der Waals surface area contributed by atoms with E-state index in [-0.39, 0.29) is 0 Å². The van der Waals surface area contributed by atoms with Crippen molar-refractivity contribution in [1.29, 1.82) is 0 Å². The largest absolute Gasteiger partial charge is 0.262 e. The van der Waals surface area contributed by atoms with E-state index in [2.05, 4.69) is 21.9 Å². The smallest absolute Gasteiger partial charge is 0.188 e. The Morgan fingerprint density at radius 1 is 1.33 bits per heavy atom. The van der Waals surface area contributed by atoms with Crippen LogP contribution in [0.2, 0.25) is 0 Å². The van der Waals surface area contributed by atoms with E-state index >= 15 is 0 Å². The van der Waals surface area contributed by atoms with Gasteiger partial charge in [0.05, 0.1) is 17.4 Å². The standard InChI is InChI=1S/C11H13N3S/c1-3-4-9-8-5-6-12-7-10(8)14-11(13-9)15-2/h5-7H,3-4H2,1-2H3. The average molecular weight is 219 g/mol. The highest BCUT2D eigenvalue weighted by Crippen LogP contribution is 2.19. The zero-order valence-corrected chi connectivity index (χ0v) is 9.71. The van der Waals surface area contributed by atoms with Crippen molar-refractivity contribution >= 4 is 22.7 Å². The summed E-state index contributed by atoms with van der Waals surface area (Å²) in [4.78, 5) is 13.0. The lowest BCUT2D eigenvalue weighted by Gasteiger charge is -2.05. The van der Waals surface area contributed by atoms with Crippen LogP contribution in [0.3, 0.4) is 0 Å². The van der Waals surface area contributed by atoms with E-state index in [1.807, 2.05) is 12.3 Å². The molecule has 0 aliphatic heterocycles. The third-order valence-electron chi connectivity index (χ3n) is 2.23. The van der Waals surface area contributed by atoms with Gasteiger partial charge in [0.25, 0.3) is 0 Å². The molecule has 0 aromatic carbocycles. The first kappa shape index (κ1) is 10.4. The van der Waals surface area contributed by atoms with Crippen LogP contribution < -0.4 is 0 Å². The molecule has 0 aliphatic rings. The number of pyridine rings is 1. The monoisotopic (exact) mass is 219 g/mol. The Balaban J connectivity index is 2.63. The van der Waals surface area contributed by atoms with Gasteiger partial charge in [-0.1, -0.05) is 25.1 Å². The molecular formula is C11H13N3S. The van der Waals surface area contributed by atoms with Crippen molar-refractivity contribution in [3.05, 3.63) is 24.2 Å². The quantitative estimate of drug-likeness (QED) is 0.587. The second-order valence-corrected chi connectivity index (χ2v) is 4.07. The lowest BCUT2D eigenvalue weighted by Crippen LogP contribution is -1.96. The van der Waals surface area contributed by atoms with Gasteiger partial charge in [0.15, 0.2) is 5.16 Å². The lowest BCUT2D eigenvalue weighted by atomic mass is 10.1. The first-order valence-electron chi connectivity index (χ1n) is 4.99. The highest BCUT2D eigenvalue weighted by atomic mass is 32.2. The SMILES string of the molecule is CCCc1nc(SC)nc2cnccc12. The Hall–Kier alpha value is -1.16. The molecule has 0 atom stereocenters. The van der Waals surface area contributed by atoms with Crippen LogP contribution in [0.4, 0.5) is 0 Å². The van der Waals surface area contributed by atoms with Gasteiger partial charge in [0.2, 0.25) is 0 Å². The van der Waals surface area contributed by atoms with E-state index in [0.717, 1.165) is 34.6 Å². The van der Waals surface area contributed by atoms with Crippen molar-refractivity contribution in [1.82, 2.24) is 15.0 Å². The normalized spacial score (nSPS) is 10.8. The molecule has 0 aliphatic carbocycles. The van der Waals surface area contributed by atoms with Crippen LogP contribution >= 0.6 is 11.8 Å². The molecule has 0 saturated carbocycles. The van der Waals surface area contributed by atoms with Gasteiger partial charge < -0.3 is 0 Å². The van der Waals surface area contributed by atoms with Crippen LogP contribution in [-0.4, -0.2) is 21.2 Å². The van der Waals surface area contributed by atoms with E-state index < -0.39 is 0 Å². The Labute approximate surface area is 93.4 Å². The maximum Gasteiger partial charge on any atom is 0.188 e. The van der Waals surface area contributed by atoms with Gasteiger partial charge in [-0.2, -0.15) is 0 Å². The van der Waals surface area contributed by atoms with Gasteiger partial charge in [-0.25, -0.2) is 9.97 Å². The summed E-state index contributed by atoms with van der Waals surface area (Å²) in [6.45, 7) is 2.16. The highest BCUT2D eigenvalue weighted by molar-refractivity contribution is 7.98. The second kappa shape index (κ2) is 4.57. The molecule has 2 aromatic rings. The van der Waals surface area contributed by atoms with Crippen LogP contribution in [0.5, 0.6) is 0 Å². The molecule has 2 aromatic heterocycles. The first-order chi connectivity index (χ1) is 7.35. The Morgan fingerprint density at radius 2 is 2.20 bits per heavy atom. The molecule has 0 radical (unpaired) electrons. The van der Waals surface area contributed by atoms with Crippen molar-refractivity contribution in [2.24, 2.45) is 0 Å². The predicted molar refractivity (Wildman–Crippen MR) is 63.1 cm³/mol. The number of aromatic nitrogens is 3. The van der Waals surface area contributed by atoms with Gasteiger partial charge in [-0.05, 0) is 18.7 Å². The Kier molecular flexibility index (Phi) is 3.16. The highest BCUT2D eigenvalue weighted by Gasteiger charge is 2.05.